The van der Waals surface area contributed by atoms with Crippen LogP contribution in [0.15, 0.2) is 64.6 Å². The van der Waals surface area contributed by atoms with Crippen molar-refractivity contribution in [3.05, 3.63) is 77.2 Å². The molecule has 0 fully saturated rings. The first-order chi connectivity index (χ1) is 12.7. The third kappa shape index (κ3) is 5.42. The molecule has 0 aliphatic heterocycles. The molecule has 7 heteroatoms. The molecule has 2 amide bonds. The van der Waals surface area contributed by atoms with Gasteiger partial charge in [0.2, 0.25) is 11.8 Å². The molecule has 0 atom stereocenters. The van der Waals surface area contributed by atoms with Crippen LogP contribution < -0.4 is 10.6 Å². The Hall–Kier alpha value is -3.19. The van der Waals surface area contributed by atoms with Crippen molar-refractivity contribution in [3.63, 3.8) is 0 Å². The minimum Gasteiger partial charge on any atom is -0.467 e. The summed E-state index contributed by atoms with van der Waals surface area (Å²) in [5.74, 6) is 0.264. The third-order valence-corrected chi connectivity index (χ3v) is 4.20. The van der Waals surface area contributed by atoms with E-state index in [1.165, 1.54) is 17.4 Å². The summed E-state index contributed by atoms with van der Waals surface area (Å²) < 4.78 is 5.15. The highest BCUT2D eigenvalue weighted by molar-refractivity contribution is 7.14. The highest BCUT2D eigenvalue weighted by atomic mass is 32.1. The highest BCUT2D eigenvalue weighted by Crippen LogP contribution is 2.16. The van der Waals surface area contributed by atoms with Crippen molar-refractivity contribution in [1.29, 1.82) is 0 Å². The maximum absolute atomic E-state index is 11.9. The average Bonchev–Trinajstić information content (AvgIpc) is 3.31. The predicted molar refractivity (Wildman–Crippen MR) is 100 cm³/mol. The normalized spacial score (nSPS) is 10.8. The summed E-state index contributed by atoms with van der Waals surface area (Å²) in [6.07, 6.45) is 4.88. The standard InChI is InChI=1S/C19H17N3O3S/c23-17(9-8-14-5-2-1-3-6-14)22-19-21-15(13-26-19)11-18(24)20-12-16-7-4-10-25-16/h1-10,13H,11-12H2,(H,20,24)(H,21,22,23)/b9-8+. The molecular weight excluding hydrogens is 350 g/mol. The van der Waals surface area contributed by atoms with Crippen molar-refractivity contribution < 1.29 is 14.0 Å². The molecule has 0 spiro atoms. The second-order valence-electron chi connectivity index (χ2n) is 5.41. The van der Waals surface area contributed by atoms with Crippen LogP contribution >= 0.6 is 11.3 Å². The molecule has 0 bridgehead atoms. The number of nitrogens with zero attached hydrogens (tertiary/aromatic N) is 1. The Morgan fingerprint density at radius 1 is 1.15 bits per heavy atom. The first-order valence-electron chi connectivity index (χ1n) is 7.96. The maximum Gasteiger partial charge on any atom is 0.250 e. The molecule has 3 aromatic rings. The van der Waals surface area contributed by atoms with E-state index in [4.69, 9.17) is 4.42 Å². The fourth-order valence-corrected chi connectivity index (χ4v) is 2.87. The number of hydrogen-bond donors (Lipinski definition) is 2. The van der Waals surface area contributed by atoms with Gasteiger partial charge < -0.3 is 9.73 Å². The maximum atomic E-state index is 11.9. The number of carbonyl (C=O) groups excluding carboxylic acids is 2. The molecule has 132 valence electrons. The zero-order chi connectivity index (χ0) is 18.2. The lowest BCUT2D eigenvalue weighted by atomic mass is 10.2. The van der Waals surface area contributed by atoms with Gasteiger partial charge in [0.05, 0.1) is 24.9 Å². The number of aromatic nitrogens is 1. The van der Waals surface area contributed by atoms with Crippen LogP contribution in [0.2, 0.25) is 0 Å². The molecule has 0 aliphatic carbocycles. The number of anilines is 1. The molecule has 2 aromatic heterocycles. The number of hydrogen-bond acceptors (Lipinski definition) is 5. The number of nitrogens with one attached hydrogen (secondary N) is 2. The molecule has 0 radical (unpaired) electrons. The Bertz CT molecular complexity index is 886. The lowest BCUT2D eigenvalue weighted by Crippen LogP contribution is -2.24. The van der Waals surface area contributed by atoms with Crippen LogP contribution in [0.1, 0.15) is 17.0 Å². The Kier molecular flexibility index (Phi) is 5.95. The Labute approximate surface area is 154 Å². The molecule has 3 rings (SSSR count). The lowest BCUT2D eigenvalue weighted by Gasteiger charge is -2.01. The first-order valence-corrected chi connectivity index (χ1v) is 8.84. The van der Waals surface area contributed by atoms with Crippen LogP contribution in [0.5, 0.6) is 0 Å². The lowest BCUT2D eigenvalue weighted by molar-refractivity contribution is -0.120. The van der Waals surface area contributed by atoms with E-state index in [0.717, 1.165) is 5.56 Å². The number of furan rings is 1. The van der Waals surface area contributed by atoms with Crippen molar-refractivity contribution in [3.8, 4) is 0 Å². The fraction of sp³-hybridized carbons (Fsp3) is 0.105. The van der Waals surface area contributed by atoms with E-state index in [1.807, 2.05) is 30.3 Å². The molecule has 2 heterocycles. The highest BCUT2D eigenvalue weighted by Gasteiger charge is 2.09. The van der Waals surface area contributed by atoms with Gasteiger partial charge in [-0.05, 0) is 23.8 Å². The monoisotopic (exact) mass is 367 g/mol. The Morgan fingerprint density at radius 3 is 2.77 bits per heavy atom. The van der Waals surface area contributed by atoms with Crippen LogP contribution in [-0.4, -0.2) is 16.8 Å². The van der Waals surface area contributed by atoms with Gasteiger partial charge in [0.15, 0.2) is 5.13 Å². The van der Waals surface area contributed by atoms with Gasteiger partial charge in [-0.25, -0.2) is 4.98 Å². The van der Waals surface area contributed by atoms with E-state index in [2.05, 4.69) is 15.6 Å². The van der Waals surface area contributed by atoms with Crippen LogP contribution in [0.3, 0.4) is 0 Å². The van der Waals surface area contributed by atoms with Crippen LogP contribution in [-0.2, 0) is 22.6 Å². The average molecular weight is 367 g/mol. The predicted octanol–water partition coefficient (Wildman–Crippen LogP) is 3.25. The number of thiazole rings is 1. The molecule has 0 saturated heterocycles. The van der Waals surface area contributed by atoms with Gasteiger partial charge in [-0.2, -0.15) is 0 Å². The summed E-state index contributed by atoms with van der Waals surface area (Å²) in [6, 6.07) is 13.1. The molecule has 0 aliphatic rings. The number of benzene rings is 1. The van der Waals surface area contributed by atoms with Gasteiger partial charge in [0, 0.05) is 11.5 Å². The van der Waals surface area contributed by atoms with E-state index in [0.29, 0.717) is 23.1 Å². The van der Waals surface area contributed by atoms with Gasteiger partial charge in [-0.15, -0.1) is 11.3 Å². The van der Waals surface area contributed by atoms with Crippen molar-refractivity contribution in [2.24, 2.45) is 0 Å². The van der Waals surface area contributed by atoms with Crippen molar-refractivity contribution >= 4 is 34.4 Å². The van der Waals surface area contributed by atoms with Crippen LogP contribution in [0.4, 0.5) is 5.13 Å². The molecule has 0 saturated carbocycles. The van der Waals surface area contributed by atoms with Gasteiger partial charge in [0.1, 0.15) is 5.76 Å². The zero-order valence-corrected chi connectivity index (χ0v) is 14.7. The minimum atomic E-state index is -0.267. The number of carbonyl (C=O) groups is 2. The van der Waals surface area contributed by atoms with Crippen molar-refractivity contribution in [2.75, 3.05) is 5.32 Å². The summed E-state index contributed by atoms with van der Waals surface area (Å²) in [6.45, 7) is 0.337. The SMILES string of the molecule is O=C(/C=C/c1ccccc1)Nc1nc(CC(=O)NCc2ccco2)cs1. The van der Waals surface area contributed by atoms with E-state index < -0.39 is 0 Å². The fourth-order valence-electron chi connectivity index (χ4n) is 2.15. The van der Waals surface area contributed by atoms with Gasteiger partial charge in [-0.1, -0.05) is 30.3 Å². The van der Waals surface area contributed by atoms with E-state index >= 15 is 0 Å². The smallest absolute Gasteiger partial charge is 0.250 e. The molecule has 1 aromatic carbocycles. The summed E-state index contributed by atoms with van der Waals surface area (Å²) in [5, 5.41) is 7.66. The summed E-state index contributed by atoms with van der Waals surface area (Å²) in [4.78, 5) is 28.1. The summed E-state index contributed by atoms with van der Waals surface area (Å²) >= 11 is 1.28. The second-order valence-corrected chi connectivity index (χ2v) is 6.27. The van der Waals surface area contributed by atoms with Gasteiger partial charge in [-0.3, -0.25) is 14.9 Å². The zero-order valence-electron chi connectivity index (χ0n) is 13.8. The van der Waals surface area contributed by atoms with E-state index in [9.17, 15) is 9.59 Å². The molecule has 0 unspecified atom stereocenters. The number of amides is 2. The summed E-state index contributed by atoms with van der Waals surface area (Å²) in [5.41, 5.74) is 1.55. The van der Waals surface area contributed by atoms with Gasteiger partial charge in [0.25, 0.3) is 0 Å². The quantitative estimate of drug-likeness (QED) is 0.628. The largest absolute Gasteiger partial charge is 0.467 e. The van der Waals surface area contributed by atoms with E-state index in [1.54, 1.807) is 29.9 Å². The topological polar surface area (TPSA) is 84.2 Å². The first kappa shape index (κ1) is 17.6. The molecule has 26 heavy (non-hydrogen) atoms. The molecule has 6 nitrogen and oxygen atoms in total. The second kappa shape index (κ2) is 8.77. The van der Waals surface area contributed by atoms with Crippen molar-refractivity contribution in [1.82, 2.24) is 10.3 Å². The van der Waals surface area contributed by atoms with E-state index in [-0.39, 0.29) is 18.2 Å². The molecular formula is C19H17N3O3S. The van der Waals surface area contributed by atoms with Gasteiger partial charge >= 0.3 is 0 Å². The molecule has 2 N–H and O–H groups in total. The Morgan fingerprint density at radius 2 is 2.00 bits per heavy atom. The third-order valence-electron chi connectivity index (χ3n) is 3.39. The minimum absolute atomic E-state index is 0.146. The van der Waals surface area contributed by atoms with Crippen molar-refractivity contribution in [2.45, 2.75) is 13.0 Å². The Balaban J connectivity index is 1.47. The van der Waals surface area contributed by atoms with Crippen LogP contribution in [0, 0.1) is 0 Å². The number of rotatable bonds is 7. The summed E-state index contributed by atoms with van der Waals surface area (Å²) in [7, 11) is 0. The van der Waals surface area contributed by atoms with Crippen LogP contribution in [0.25, 0.3) is 6.08 Å².